The Morgan fingerprint density at radius 3 is 2.45 bits per heavy atom. The van der Waals surface area contributed by atoms with E-state index in [2.05, 4.69) is 4.74 Å². The summed E-state index contributed by atoms with van der Waals surface area (Å²) < 4.78 is 15.5. The van der Waals surface area contributed by atoms with Crippen molar-refractivity contribution in [2.45, 2.75) is 6.92 Å². The first kappa shape index (κ1) is 24.3. The number of carbonyl (C=O) groups excluding carboxylic acids is 4. The Balaban J connectivity index is 1.76. The molecule has 0 radical (unpaired) electrons. The molecule has 2 aromatic rings. The molecule has 0 atom stereocenters. The molecule has 1 heterocycles. The first-order chi connectivity index (χ1) is 15.8. The van der Waals surface area contributed by atoms with Crippen LogP contribution in [0.25, 0.3) is 6.08 Å². The number of nitrogens with zero attached hydrogens (tertiary/aromatic N) is 1. The number of ketones is 1. The Kier molecular flexibility index (Phi) is 8.13. The van der Waals surface area contributed by atoms with E-state index >= 15 is 0 Å². The van der Waals surface area contributed by atoms with E-state index in [1.165, 1.54) is 13.2 Å². The van der Waals surface area contributed by atoms with Crippen molar-refractivity contribution in [1.82, 2.24) is 4.90 Å². The van der Waals surface area contributed by atoms with E-state index in [0.717, 1.165) is 16.7 Å². The fourth-order valence-corrected chi connectivity index (χ4v) is 3.82. The highest BCUT2D eigenvalue weighted by molar-refractivity contribution is 8.18. The molecule has 33 heavy (non-hydrogen) atoms. The summed E-state index contributed by atoms with van der Waals surface area (Å²) in [6, 6.07) is 11.1. The van der Waals surface area contributed by atoms with Crippen LogP contribution in [0.3, 0.4) is 0 Å². The van der Waals surface area contributed by atoms with E-state index in [4.69, 9.17) is 21.1 Å². The normalized spacial score (nSPS) is 14.5. The van der Waals surface area contributed by atoms with E-state index < -0.39 is 17.1 Å². The molecule has 10 heteroatoms. The van der Waals surface area contributed by atoms with Crippen molar-refractivity contribution >= 4 is 52.3 Å². The highest BCUT2D eigenvalue weighted by Crippen LogP contribution is 2.35. The number of methoxy groups -OCH3 is 1. The van der Waals surface area contributed by atoms with Crippen molar-refractivity contribution in [2.24, 2.45) is 0 Å². The van der Waals surface area contributed by atoms with Crippen LogP contribution in [0.1, 0.15) is 22.8 Å². The second-order valence-electron chi connectivity index (χ2n) is 6.70. The number of halogens is 1. The van der Waals surface area contributed by atoms with Crippen LogP contribution in [-0.4, -0.2) is 54.7 Å². The minimum absolute atomic E-state index is 0.176. The molecule has 2 aromatic carbocycles. The van der Waals surface area contributed by atoms with Crippen molar-refractivity contribution in [1.29, 1.82) is 0 Å². The number of amides is 2. The van der Waals surface area contributed by atoms with Gasteiger partial charge in [0.1, 0.15) is 0 Å². The summed E-state index contributed by atoms with van der Waals surface area (Å²) in [5, 5.41) is -0.0505. The summed E-state index contributed by atoms with van der Waals surface area (Å²) in [4.78, 5) is 50.0. The van der Waals surface area contributed by atoms with E-state index in [9.17, 15) is 19.2 Å². The first-order valence-electron chi connectivity index (χ1n) is 9.83. The zero-order valence-electron chi connectivity index (χ0n) is 17.8. The molecule has 0 N–H and O–H groups in total. The van der Waals surface area contributed by atoms with Gasteiger partial charge < -0.3 is 14.2 Å². The molecule has 1 aliphatic heterocycles. The third kappa shape index (κ3) is 6.15. The number of carbonyl (C=O) groups is 4. The van der Waals surface area contributed by atoms with Crippen LogP contribution in [0.4, 0.5) is 4.79 Å². The second kappa shape index (κ2) is 11.0. The molecule has 1 aliphatic rings. The molecule has 1 saturated heterocycles. The highest BCUT2D eigenvalue weighted by Gasteiger charge is 2.36. The van der Waals surface area contributed by atoms with Gasteiger partial charge >= 0.3 is 5.97 Å². The molecule has 172 valence electrons. The minimum atomic E-state index is -0.559. The quantitative estimate of drug-likeness (QED) is 0.293. The van der Waals surface area contributed by atoms with Gasteiger partial charge in [-0.1, -0.05) is 17.7 Å². The first-order valence-corrected chi connectivity index (χ1v) is 11.0. The smallest absolute Gasteiger partial charge is 0.343 e. The fraction of sp³-hybridized carbons (Fsp3) is 0.217. The minimum Gasteiger partial charge on any atom is -0.490 e. The maximum Gasteiger partial charge on any atom is 0.343 e. The number of thioether (sulfide) groups is 1. The van der Waals surface area contributed by atoms with Crippen LogP contribution in [0, 0.1) is 0 Å². The molecule has 8 nitrogen and oxygen atoms in total. The monoisotopic (exact) mass is 489 g/mol. The molecule has 0 saturated carbocycles. The molecular weight excluding hydrogens is 470 g/mol. The number of hydrogen-bond donors (Lipinski definition) is 0. The average molecular weight is 490 g/mol. The summed E-state index contributed by atoms with van der Waals surface area (Å²) in [6.07, 6.45) is 1.53. The van der Waals surface area contributed by atoms with E-state index in [0.29, 0.717) is 34.3 Å². The standard InChI is InChI=1S/C23H20ClNO7S/c1-3-31-19-10-14(4-9-18(19)32-13-21(27)30-2)11-20-22(28)25(23(29)33-20)12-17(26)15-5-7-16(24)8-6-15/h4-11H,3,12-13H2,1-2H3/b20-11+. The van der Waals surface area contributed by atoms with Crippen molar-refractivity contribution in [3.8, 4) is 11.5 Å². The highest BCUT2D eigenvalue weighted by atomic mass is 35.5. The number of Topliss-reactive ketones (excluding diaryl/α,β-unsaturated/α-hetero) is 1. The van der Waals surface area contributed by atoms with Crippen LogP contribution in [0.15, 0.2) is 47.4 Å². The van der Waals surface area contributed by atoms with E-state index in [-0.39, 0.29) is 23.8 Å². The van der Waals surface area contributed by atoms with Gasteiger partial charge in [0, 0.05) is 10.6 Å². The molecule has 0 unspecified atom stereocenters. The van der Waals surface area contributed by atoms with Gasteiger partial charge in [0.05, 0.1) is 25.2 Å². The van der Waals surface area contributed by atoms with Gasteiger partial charge in [0.15, 0.2) is 23.9 Å². The summed E-state index contributed by atoms with van der Waals surface area (Å²) in [7, 11) is 1.26. The van der Waals surface area contributed by atoms with Gasteiger partial charge in [0.25, 0.3) is 11.1 Å². The third-order valence-corrected chi connectivity index (χ3v) is 5.64. The Bertz CT molecular complexity index is 1110. The number of ether oxygens (including phenoxy) is 3. The Morgan fingerprint density at radius 1 is 1.06 bits per heavy atom. The maximum absolute atomic E-state index is 12.8. The number of imide groups is 1. The lowest BCUT2D eigenvalue weighted by Gasteiger charge is -2.12. The van der Waals surface area contributed by atoms with Crippen LogP contribution < -0.4 is 9.47 Å². The van der Waals surface area contributed by atoms with E-state index in [1.54, 1.807) is 49.4 Å². The Morgan fingerprint density at radius 2 is 1.79 bits per heavy atom. The van der Waals surface area contributed by atoms with Gasteiger partial charge in [-0.05, 0) is 66.7 Å². The summed E-state index contributed by atoms with van der Waals surface area (Å²) in [5.41, 5.74) is 0.935. The van der Waals surface area contributed by atoms with Gasteiger partial charge in [-0.15, -0.1) is 0 Å². The topological polar surface area (TPSA) is 99.2 Å². The molecule has 3 rings (SSSR count). The van der Waals surface area contributed by atoms with Crippen molar-refractivity contribution in [3.63, 3.8) is 0 Å². The van der Waals surface area contributed by atoms with Crippen LogP contribution in [0.2, 0.25) is 5.02 Å². The van der Waals surface area contributed by atoms with Crippen molar-refractivity contribution in [2.75, 3.05) is 26.9 Å². The number of rotatable bonds is 9. The average Bonchev–Trinajstić information content (AvgIpc) is 3.06. The van der Waals surface area contributed by atoms with Crippen LogP contribution >= 0.6 is 23.4 Å². The molecule has 1 fully saturated rings. The zero-order chi connectivity index (χ0) is 24.0. The van der Waals surface area contributed by atoms with Crippen LogP contribution in [0.5, 0.6) is 11.5 Å². The van der Waals surface area contributed by atoms with E-state index in [1.807, 2.05) is 0 Å². The van der Waals surface area contributed by atoms with Gasteiger partial charge in [-0.25, -0.2) is 4.79 Å². The fourth-order valence-electron chi connectivity index (χ4n) is 2.86. The molecular formula is C23H20ClNO7S. The lowest BCUT2D eigenvalue weighted by Crippen LogP contribution is -2.33. The zero-order valence-corrected chi connectivity index (χ0v) is 19.4. The van der Waals surface area contributed by atoms with Crippen LogP contribution in [-0.2, 0) is 14.3 Å². The number of benzene rings is 2. The summed E-state index contributed by atoms with van der Waals surface area (Å²) >= 11 is 6.58. The lowest BCUT2D eigenvalue weighted by atomic mass is 10.1. The second-order valence-corrected chi connectivity index (χ2v) is 8.13. The molecule has 0 spiro atoms. The largest absolute Gasteiger partial charge is 0.490 e. The lowest BCUT2D eigenvalue weighted by molar-refractivity contribution is -0.142. The number of esters is 1. The molecule has 0 aromatic heterocycles. The number of hydrogen-bond acceptors (Lipinski definition) is 8. The molecule has 0 bridgehead atoms. The van der Waals surface area contributed by atoms with Crippen molar-refractivity contribution < 1.29 is 33.4 Å². The summed E-state index contributed by atoms with van der Waals surface area (Å²) in [6.45, 7) is 1.49. The van der Waals surface area contributed by atoms with Gasteiger partial charge in [-0.3, -0.25) is 19.3 Å². The predicted molar refractivity (Wildman–Crippen MR) is 124 cm³/mol. The summed E-state index contributed by atoms with van der Waals surface area (Å²) in [5.74, 6) is -0.769. The van der Waals surface area contributed by atoms with Gasteiger partial charge in [-0.2, -0.15) is 0 Å². The molecule has 2 amide bonds. The SMILES string of the molecule is CCOc1cc(/C=C2/SC(=O)N(CC(=O)c3ccc(Cl)cc3)C2=O)ccc1OCC(=O)OC. The van der Waals surface area contributed by atoms with Crippen molar-refractivity contribution in [3.05, 3.63) is 63.5 Å². The Labute approximate surface area is 199 Å². The van der Waals surface area contributed by atoms with Gasteiger partial charge in [0.2, 0.25) is 0 Å². The third-order valence-electron chi connectivity index (χ3n) is 4.48. The Hall–Kier alpha value is -3.30. The molecule has 0 aliphatic carbocycles. The predicted octanol–water partition coefficient (Wildman–Crippen LogP) is 4.21. The maximum atomic E-state index is 12.8.